The molecule has 0 aromatic heterocycles. The number of ether oxygens (including phenoxy) is 3. The van der Waals surface area contributed by atoms with Gasteiger partial charge in [-0.05, 0) is 12.1 Å². The van der Waals surface area contributed by atoms with Crippen LogP contribution in [0.15, 0.2) is 30.3 Å². The summed E-state index contributed by atoms with van der Waals surface area (Å²) in [6.45, 7) is 2.84. The predicted octanol–water partition coefficient (Wildman–Crippen LogP) is 0.939. The molecule has 0 N–H and O–H groups in total. The summed E-state index contributed by atoms with van der Waals surface area (Å²) < 4.78 is 15.9. The number of morpholine rings is 1. The lowest BCUT2D eigenvalue weighted by atomic mass is 10.3. The van der Waals surface area contributed by atoms with E-state index in [1.807, 2.05) is 35.2 Å². The highest BCUT2D eigenvalue weighted by atomic mass is 16.5. The first-order chi connectivity index (χ1) is 9.28. The standard InChI is InChI=1S/C14H19NO4/c1-17-14(16)10-15-7-8-18-13(9-15)11-19-12-5-3-2-4-6-12/h2-6,13H,7-11H2,1H3/t13-/m1/s1. The van der Waals surface area contributed by atoms with Crippen molar-refractivity contribution in [3.05, 3.63) is 30.3 Å². The fourth-order valence-electron chi connectivity index (χ4n) is 1.98. The van der Waals surface area contributed by atoms with Crippen molar-refractivity contribution in [2.75, 3.05) is 40.0 Å². The smallest absolute Gasteiger partial charge is 0.319 e. The molecule has 104 valence electrons. The molecule has 1 saturated heterocycles. The van der Waals surface area contributed by atoms with Crippen LogP contribution in [0, 0.1) is 0 Å². The Morgan fingerprint density at radius 2 is 2.21 bits per heavy atom. The molecule has 5 heteroatoms. The van der Waals surface area contributed by atoms with Gasteiger partial charge in [0.05, 0.1) is 20.3 Å². The fourth-order valence-corrected chi connectivity index (χ4v) is 1.98. The van der Waals surface area contributed by atoms with Gasteiger partial charge in [-0.1, -0.05) is 18.2 Å². The van der Waals surface area contributed by atoms with Gasteiger partial charge in [0.2, 0.25) is 0 Å². The Balaban J connectivity index is 1.76. The van der Waals surface area contributed by atoms with E-state index in [4.69, 9.17) is 9.47 Å². The summed E-state index contributed by atoms with van der Waals surface area (Å²) in [5.41, 5.74) is 0. The zero-order chi connectivity index (χ0) is 13.5. The molecule has 0 saturated carbocycles. The molecule has 1 heterocycles. The summed E-state index contributed by atoms with van der Waals surface area (Å²) in [6, 6.07) is 9.63. The van der Waals surface area contributed by atoms with Crippen molar-refractivity contribution >= 4 is 5.97 Å². The molecule has 1 aromatic rings. The maximum atomic E-state index is 11.2. The molecule has 0 amide bonds. The van der Waals surface area contributed by atoms with Gasteiger partial charge in [-0.3, -0.25) is 9.69 Å². The van der Waals surface area contributed by atoms with E-state index < -0.39 is 0 Å². The Morgan fingerprint density at radius 1 is 1.42 bits per heavy atom. The molecule has 0 unspecified atom stereocenters. The molecule has 19 heavy (non-hydrogen) atoms. The van der Waals surface area contributed by atoms with Crippen LogP contribution in [0.25, 0.3) is 0 Å². The maximum absolute atomic E-state index is 11.2. The number of carbonyl (C=O) groups is 1. The lowest BCUT2D eigenvalue weighted by molar-refractivity contribution is -0.144. The maximum Gasteiger partial charge on any atom is 0.319 e. The van der Waals surface area contributed by atoms with E-state index >= 15 is 0 Å². The zero-order valence-corrected chi connectivity index (χ0v) is 11.1. The van der Waals surface area contributed by atoms with E-state index in [2.05, 4.69) is 4.74 Å². The highest BCUT2D eigenvalue weighted by molar-refractivity contribution is 5.71. The van der Waals surface area contributed by atoms with Gasteiger partial charge in [-0.15, -0.1) is 0 Å². The number of carbonyl (C=O) groups excluding carboxylic acids is 1. The van der Waals surface area contributed by atoms with Gasteiger partial charge in [-0.25, -0.2) is 0 Å². The molecule has 1 aliphatic heterocycles. The van der Waals surface area contributed by atoms with E-state index in [1.165, 1.54) is 7.11 Å². The van der Waals surface area contributed by atoms with Crippen LogP contribution in [-0.2, 0) is 14.3 Å². The van der Waals surface area contributed by atoms with Gasteiger partial charge >= 0.3 is 5.97 Å². The number of para-hydroxylation sites is 1. The van der Waals surface area contributed by atoms with E-state index in [-0.39, 0.29) is 12.1 Å². The summed E-state index contributed by atoms with van der Waals surface area (Å²) in [4.78, 5) is 13.3. The van der Waals surface area contributed by atoms with Gasteiger partial charge < -0.3 is 14.2 Å². The number of hydrogen-bond donors (Lipinski definition) is 0. The Hall–Kier alpha value is -1.59. The quantitative estimate of drug-likeness (QED) is 0.742. The Bertz CT molecular complexity index is 396. The molecule has 0 aliphatic carbocycles. The molecule has 1 aliphatic rings. The number of hydrogen-bond acceptors (Lipinski definition) is 5. The molecule has 5 nitrogen and oxygen atoms in total. The number of rotatable bonds is 5. The van der Waals surface area contributed by atoms with Gasteiger partial charge in [0.25, 0.3) is 0 Å². The van der Waals surface area contributed by atoms with Crippen molar-refractivity contribution in [1.29, 1.82) is 0 Å². The first-order valence-electron chi connectivity index (χ1n) is 6.36. The van der Waals surface area contributed by atoms with Crippen molar-refractivity contribution in [2.24, 2.45) is 0 Å². The number of benzene rings is 1. The first kappa shape index (κ1) is 13.8. The lowest BCUT2D eigenvalue weighted by Crippen LogP contribution is -2.46. The predicted molar refractivity (Wildman–Crippen MR) is 70.1 cm³/mol. The molecule has 0 spiro atoms. The van der Waals surface area contributed by atoms with Crippen molar-refractivity contribution in [1.82, 2.24) is 4.90 Å². The third-order valence-electron chi connectivity index (χ3n) is 2.98. The number of methoxy groups -OCH3 is 1. The minimum absolute atomic E-state index is 0.0152. The number of nitrogens with zero attached hydrogens (tertiary/aromatic N) is 1. The van der Waals surface area contributed by atoms with Crippen molar-refractivity contribution < 1.29 is 19.0 Å². The van der Waals surface area contributed by atoms with Crippen LogP contribution in [0.5, 0.6) is 5.75 Å². The van der Waals surface area contributed by atoms with E-state index in [0.29, 0.717) is 26.3 Å². The summed E-state index contributed by atoms with van der Waals surface area (Å²) in [6.07, 6.45) is -0.0152. The van der Waals surface area contributed by atoms with E-state index in [0.717, 1.165) is 12.3 Å². The Morgan fingerprint density at radius 3 is 2.95 bits per heavy atom. The second-order valence-electron chi connectivity index (χ2n) is 4.43. The molecular formula is C14H19NO4. The topological polar surface area (TPSA) is 48.0 Å². The van der Waals surface area contributed by atoms with Crippen LogP contribution in [0.2, 0.25) is 0 Å². The minimum atomic E-state index is -0.218. The van der Waals surface area contributed by atoms with Gasteiger partial charge in [0.1, 0.15) is 18.5 Å². The van der Waals surface area contributed by atoms with Gasteiger partial charge in [0.15, 0.2) is 0 Å². The van der Waals surface area contributed by atoms with Gasteiger partial charge in [-0.2, -0.15) is 0 Å². The third-order valence-corrected chi connectivity index (χ3v) is 2.98. The van der Waals surface area contributed by atoms with Crippen LogP contribution in [-0.4, -0.2) is 56.9 Å². The molecule has 0 bridgehead atoms. The monoisotopic (exact) mass is 265 g/mol. The average Bonchev–Trinajstić information content (AvgIpc) is 2.46. The number of esters is 1. The normalized spacial score (nSPS) is 19.9. The summed E-state index contributed by atoms with van der Waals surface area (Å²) in [5, 5.41) is 0. The molecule has 1 fully saturated rings. The molecular weight excluding hydrogens is 246 g/mol. The molecule has 0 radical (unpaired) electrons. The van der Waals surface area contributed by atoms with Crippen LogP contribution in [0.1, 0.15) is 0 Å². The van der Waals surface area contributed by atoms with Crippen LogP contribution < -0.4 is 4.74 Å². The average molecular weight is 265 g/mol. The van der Waals surface area contributed by atoms with Gasteiger partial charge in [0, 0.05) is 13.1 Å². The minimum Gasteiger partial charge on any atom is -0.491 e. The van der Waals surface area contributed by atoms with E-state index in [9.17, 15) is 4.79 Å². The second-order valence-corrected chi connectivity index (χ2v) is 4.43. The van der Waals surface area contributed by atoms with Crippen molar-refractivity contribution in [3.8, 4) is 5.75 Å². The molecule has 1 aromatic carbocycles. The van der Waals surface area contributed by atoms with Crippen LogP contribution >= 0.6 is 0 Å². The van der Waals surface area contributed by atoms with Crippen molar-refractivity contribution in [3.63, 3.8) is 0 Å². The van der Waals surface area contributed by atoms with E-state index in [1.54, 1.807) is 0 Å². The van der Waals surface area contributed by atoms with Crippen LogP contribution in [0.3, 0.4) is 0 Å². The molecule has 1 atom stereocenters. The SMILES string of the molecule is COC(=O)CN1CCO[C@@H](COc2ccccc2)C1. The largest absolute Gasteiger partial charge is 0.491 e. The van der Waals surface area contributed by atoms with Crippen molar-refractivity contribution in [2.45, 2.75) is 6.10 Å². The fraction of sp³-hybridized carbons (Fsp3) is 0.500. The Kier molecular flexibility index (Phi) is 5.18. The third kappa shape index (κ3) is 4.54. The zero-order valence-electron chi connectivity index (χ0n) is 11.1. The summed E-state index contributed by atoms with van der Waals surface area (Å²) in [5.74, 6) is 0.612. The highest BCUT2D eigenvalue weighted by Gasteiger charge is 2.22. The highest BCUT2D eigenvalue weighted by Crippen LogP contribution is 2.11. The summed E-state index contributed by atoms with van der Waals surface area (Å²) >= 11 is 0. The lowest BCUT2D eigenvalue weighted by Gasteiger charge is -2.31. The second kappa shape index (κ2) is 7.11. The Labute approximate surface area is 113 Å². The summed E-state index contributed by atoms with van der Waals surface area (Å²) in [7, 11) is 1.40. The van der Waals surface area contributed by atoms with Crippen LogP contribution in [0.4, 0.5) is 0 Å². The first-order valence-corrected chi connectivity index (χ1v) is 6.36. The molecule has 2 rings (SSSR count).